The lowest BCUT2D eigenvalue weighted by atomic mass is 9.75. The quantitative estimate of drug-likeness (QED) is 0.729. The Morgan fingerprint density at radius 3 is 2.96 bits per heavy atom. The number of halogens is 1. The lowest BCUT2D eigenvalue weighted by Crippen LogP contribution is -2.51. The van der Waals surface area contributed by atoms with Gasteiger partial charge in [-0.1, -0.05) is 23.7 Å². The summed E-state index contributed by atoms with van der Waals surface area (Å²) in [6, 6.07) is 7.46. The van der Waals surface area contributed by atoms with Gasteiger partial charge in [0.1, 0.15) is 0 Å². The highest BCUT2D eigenvalue weighted by atomic mass is 35.5. The molecule has 1 amide bonds. The van der Waals surface area contributed by atoms with Crippen LogP contribution in [-0.4, -0.2) is 45.2 Å². The highest BCUT2D eigenvalue weighted by molar-refractivity contribution is 6.99. The first-order valence-corrected chi connectivity index (χ1v) is 9.63. The molecule has 1 unspecified atom stereocenters. The van der Waals surface area contributed by atoms with E-state index in [0.717, 1.165) is 23.7 Å². The molecule has 2 aromatic rings. The van der Waals surface area contributed by atoms with E-state index in [2.05, 4.69) is 8.75 Å². The Kier molecular flexibility index (Phi) is 5.88. The Labute approximate surface area is 161 Å². The SMILES string of the molecule is CCOC(=O)C1(Cc2cccc(Cl)c2)CCCN(C(=O)c2cnsn2)C1. The fourth-order valence-corrected chi connectivity index (χ4v) is 4.05. The van der Waals surface area contributed by atoms with Gasteiger partial charge in [-0.25, -0.2) is 0 Å². The number of hydrogen-bond donors (Lipinski definition) is 0. The van der Waals surface area contributed by atoms with Crippen LogP contribution in [0.1, 0.15) is 35.8 Å². The number of likely N-dealkylation sites (tertiary alicyclic amines) is 1. The lowest BCUT2D eigenvalue weighted by molar-refractivity contribution is -0.158. The van der Waals surface area contributed by atoms with Crippen molar-refractivity contribution in [2.24, 2.45) is 5.41 Å². The average molecular weight is 394 g/mol. The van der Waals surface area contributed by atoms with Crippen LogP contribution in [0.2, 0.25) is 5.02 Å². The van der Waals surface area contributed by atoms with Gasteiger partial charge in [0.2, 0.25) is 0 Å². The monoisotopic (exact) mass is 393 g/mol. The molecule has 1 atom stereocenters. The van der Waals surface area contributed by atoms with Crippen LogP contribution in [-0.2, 0) is 16.0 Å². The van der Waals surface area contributed by atoms with Gasteiger partial charge in [-0.3, -0.25) is 9.59 Å². The maximum absolute atomic E-state index is 12.8. The number of nitrogens with zero attached hydrogens (tertiary/aromatic N) is 3. The van der Waals surface area contributed by atoms with Gasteiger partial charge in [-0.05, 0) is 43.9 Å². The predicted octanol–water partition coefficient (Wildman–Crippen LogP) is 3.22. The highest BCUT2D eigenvalue weighted by Crippen LogP contribution is 2.36. The summed E-state index contributed by atoms with van der Waals surface area (Å²) in [5.74, 6) is -0.466. The van der Waals surface area contributed by atoms with Crippen molar-refractivity contribution in [1.82, 2.24) is 13.6 Å². The van der Waals surface area contributed by atoms with Crippen molar-refractivity contribution in [3.05, 3.63) is 46.7 Å². The first-order chi connectivity index (χ1) is 12.5. The van der Waals surface area contributed by atoms with Crippen LogP contribution < -0.4 is 0 Å². The zero-order chi connectivity index (χ0) is 18.6. The molecular formula is C18H20ClN3O3S. The molecule has 2 heterocycles. The fraction of sp³-hybridized carbons (Fsp3) is 0.444. The van der Waals surface area contributed by atoms with Gasteiger partial charge in [-0.2, -0.15) is 8.75 Å². The molecule has 3 rings (SSSR count). The van der Waals surface area contributed by atoms with Gasteiger partial charge in [0, 0.05) is 18.1 Å². The maximum atomic E-state index is 12.8. The summed E-state index contributed by atoms with van der Waals surface area (Å²) >= 11 is 7.10. The van der Waals surface area contributed by atoms with Gasteiger partial charge in [0.15, 0.2) is 5.69 Å². The van der Waals surface area contributed by atoms with Crippen LogP contribution in [0, 0.1) is 5.41 Å². The molecule has 0 aliphatic carbocycles. The normalized spacial score (nSPS) is 20.0. The molecule has 0 radical (unpaired) electrons. The Morgan fingerprint density at radius 1 is 1.42 bits per heavy atom. The minimum Gasteiger partial charge on any atom is -0.466 e. The summed E-state index contributed by atoms with van der Waals surface area (Å²) in [4.78, 5) is 27.2. The molecule has 6 nitrogen and oxygen atoms in total. The van der Waals surface area contributed by atoms with Gasteiger partial charge >= 0.3 is 5.97 Å². The van der Waals surface area contributed by atoms with E-state index in [1.54, 1.807) is 17.9 Å². The minimum atomic E-state index is -0.780. The van der Waals surface area contributed by atoms with Gasteiger partial charge < -0.3 is 9.64 Å². The molecule has 0 bridgehead atoms. The average Bonchev–Trinajstić information content (AvgIpc) is 3.16. The maximum Gasteiger partial charge on any atom is 0.314 e. The molecule has 1 aromatic heterocycles. The van der Waals surface area contributed by atoms with Crippen molar-refractivity contribution in [1.29, 1.82) is 0 Å². The number of benzene rings is 1. The van der Waals surface area contributed by atoms with Crippen LogP contribution in [0.3, 0.4) is 0 Å². The largest absolute Gasteiger partial charge is 0.466 e. The summed E-state index contributed by atoms with van der Waals surface area (Å²) in [7, 11) is 0. The Bertz CT molecular complexity index is 784. The number of rotatable bonds is 5. The summed E-state index contributed by atoms with van der Waals surface area (Å²) in [6.07, 6.45) is 3.33. The van der Waals surface area contributed by atoms with Crippen molar-refractivity contribution >= 4 is 35.2 Å². The number of piperidine rings is 1. The van der Waals surface area contributed by atoms with E-state index >= 15 is 0 Å². The third-order valence-electron chi connectivity index (χ3n) is 4.58. The van der Waals surface area contributed by atoms with E-state index in [1.807, 2.05) is 18.2 Å². The highest BCUT2D eigenvalue weighted by Gasteiger charge is 2.45. The van der Waals surface area contributed by atoms with E-state index in [0.29, 0.717) is 43.3 Å². The van der Waals surface area contributed by atoms with Crippen LogP contribution >= 0.6 is 23.3 Å². The van der Waals surface area contributed by atoms with Gasteiger partial charge in [0.25, 0.3) is 5.91 Å². The van der Waals surface area contributed by atoms with Gasteiger partial charge in [0.05, 0.1) is 29.9 Å². The second kappa shape index (κ2) is 8.14. The fourth-order valence-electron chi connectivity index (χ4n) is 3.43. The van der Waals surface area contributed by atoms with Crippen molar-refractivity contribution in [2.45, 2.75) is 26.2 Å². The molecule has 0 saturated carbocycles. The van der Waals surface area contributed by atoms with Crippen molar-refractivity contribution in [3.63, 3.8) is 0 Å². The zero-order valence-electron chi connectivity index (χ0n) is 14.5. The summed E-state index contributed by atoms with van der Waals surface area (Å²) < 4.78 is 13.3. The molecule has 138 valence electrons. The van der Waals surface area contributed by atoms with Crippen LogP contribution in [0.15, 0.2) is 30.5 Å². The third-order valence-corrected chi connectivity index (χ3v) is 5.30. The van der Waals surface area contributed by atoms with Crippen LogP contribution in [0.4, 0.5) is 0 Å². The van der Waals surface area contributed by atoms with Crippen molar-refractivity contribution in [2.75, 3.05) is 19.7 Å². The number of ether oxygens (including phenoxy) is 1. The van der Waals surface area contributed by atoms with E-state index in [1.165, 1.54) is 6.20 Å². The molecule has 26 heavy (non-hydrogen) atoms. The van der Waals surface area contributed by atoms with E-state index < -0.39 is 5.41 Å². The lowest BCUT2D eigenvalue weighted by Gasteiger charge is -2.40. The zero-order valence-corrected chi connectivity index (χ0v) is 16.1. The molecule has 1 aromatic carbocycles. The first-order valence-electron chi connectivity index (χ1n) is 8.52. The third kappa shape index (κ3) is 4.04. The first kappa shape index (κ1) is 18.8. The molecule has 1 saturated heterocycles. The number of amides is 1. The molecule has 1 aliphatic heterocycles. The number of carbonyl (C=O) groups is 2. The minimum absolute atomic E-state index is 0.196. The predicted molar refractivity (Wildman–Crippen MR) is 99.3 cm³/mol. The van der Waals surface area contributed by atoms with Crippen LogP contribution in [0.5, 0.6) is 0 Å². The molecule has 1 aliphatic rings. The van der Waals surface area contributed by atoms with E-state index in [9.17, 15) is 9.59 Å². The smallest absolute Gasteiger partial charge is 0.314 e. The molecular weight excluding hydrogens is 374 g/mol. The molecule has 1 fully saturated rings. The Balaban J connectivity index is 1.87. The summed E-state index contributed by atoms with van der Waals surface area (Å²) in [6.45, 7) is 2.99. The second-order valence-corrected chi connectivity index (χ2v) is 7.42. The standard InChI is InChI=1S/C18H20ClN3O3S/c1-2-25-17(24)18(10-13-5-3-6-14(19)9-13)7-4-8-22(12-18)16(23)15-11-20-26-21-15/h3,5-6,9,11H,2,4,7-8,10,12H2,1H3. The molecule has 0 N–H and O–H groups in total. The summed E-state index contributed by atoms with van der Waals surface area (Å²) in [5.41, 5.74) is 0.491. The topological polar surface area (TPSA) is 72.4 Å². The molecule has 8 heteroatoms. The number of carbonyl (C=O) groups excluding carboxylic acids is 2. The number of hydrogen-bond acceptors (Lipinski definition) is 6. The van der Waals surface area contributed by atoms with E-state index in [-0.39, 0.29) is 11.9 Å². The molecule has 0 spiro atoms. The van der Waals surface area contributed by atoms with E-state index in [4.69, 9.17) is 16.3 Å². The Hall–Kier alpha value is -1.99. The number of esters is 1. The second-order valence-electron chi connectivity index (χ2n) is 6.43. The number of aromatic nitrogens is 2. The summed E-state index contributed by atoms with van der Waals surface area (Å²) in [5, 5.41) is 0.624. The Morgan fingerprint density at radius 2 is 2.27 bits per heavy atom. The van der Waals surface area contributed by atoms with Crippen molar-refractivity contribution < 1.29 is 14.3 Å². The van der Waals surface area contributed by atoms with Crippen LogP contribution in [0.25, 0.3) is 0 Å². The van der Waals surface area contributed by atoms with Gasteiger partial charge in [-0.15, -0.1) is 0 Å². The van der Waals surface area contributed by atoms with Crippen molar-refractivity contribution in [3.8, 4) is 0 Å².